The first-order valence-corrected chi connectivity index (χ1v) is 14.0. The third-order valence-corrected chi connectivity index (χ3v) is 8.69. The second-order valence-electron chi connectivity index (χ2n) is 11.4. The minimum absolute atomic E-state index is 0.0509. The van der Waals surface area contributed by atoms with E-state index in [9.17, 15) is 0 Å². The van der Waals surface area contributed by atoms with Crippen LogP contribution in [0.3, 0.4) is 0 Å². The Kier molecular flexibility index (Phi) is 5.04. The number of hydrogen-bond acceptors (Lipinski definition) is 3. The summed E-state index contributed by atoms with van der Waals surface area (Å²) in [6, 6.07) is 43.4. The molecule has 4 nitrogen and oxygen atoms in total. The molecular formula is C36H30N4. The topological polar surface area (TPSA) is 41.4 Å². The molecule has 194 valence electrons. The smallest absolute Gasteiger partial charge is 0.206 e. The fourth-order valence-electron chi connectivity index (χ4n) is 6.67. The van der Waals surface area contributed by atoms with E-state index >= 15 is 0 Å². The highest BCUT2D eigenvalue weighted by atomic mass is 15.4. The van der Waals surface area contributed by atoms with Crippen molar-refractivity contribution in [2.75, 3.05) is 0 Å². The zero-order valence-corrected chi connectivity index (χ0v) is 22.6. The molecule has 8 rings (SSSR count). The van der Waals surface area contributed by atoms with Gasteiger partial charge in [-0.3, -0.25) is 9.88 Å². The highest BCUT2D eigenvalue weighted by Crippen LogP contribution is 2.50. The first kappa shape index (κ1) is 23.2. The van der Waals surface area contributed by atoms with Crippen molar-refractivity contribution in [3.05, 3.63) is 144 Å². The summed E-state index contributed by atoms with van der Waals surface area (Å²) in [6.07, 6.45) is -0.280. The molecule has 2 unspecified atom stereocenters. The van der Waals surface area contributed by atoms with Crippen LogP contribution in [-0.2, 0) is 5.41 Å². The lowest BCUT2D eigenvalue weighted by Crippen LogP contribution is -2.47. The van der Waals surface area contributed by atoms with Crippen LogP contribution in [0.15, 0.2) is 126 Å². The van der Waals surface area contributed by atoms with Gasteiger partial charge in [-0.2, -0.15) is 0 Å². The normalized spacial score (nSPS) is 19.2. The Balaban J connectivity index is 1.39. The lowest BCUT2D eigenvalue weighted by Gasteiger charge is -2.32. The van der Waals surface area contributed by atoms with E-state index in [4.69, 9.17) is 4.99 Å². The minimum atomic E-state index is -0.187. The fourth-order valence-corrected chi connectivity index (χ4v) is 6.67. The number of aromatic nitrogens is 1. The number of nitrogens with one attached hydrogen (secondary N) is 2. The summed E-state index contributed by atoms with van der Waals surface area (Å²) in [7, 11) is 0. The summed E-state index contributed by atoms with van der Waals surface area (Å²) >= 11 is 0. The second kappa shape index (κ2) is 8.67. The Hall–Kier alpha value is -4.67. The van der Waals surface area contributed by atoms with Crippen LogP contribution in [0, 0.1) is 0 Å². The van der Waals surface area contributed by atoms with Crippen LogP contribution in [0.1, 0.15) is 48.4 Å². The van der Waals surface area contributed by atoms with E-state index in [0.29, 0.717) is 0 Å². The molecule has 6 aromatic rings. The maximum absolute atomic E-state index is 5.29. The molecule has 2 atom stereocenters. The summed E-state index contributed by atoms with van der Waals surface area (Å²) in [4.78, 5) is 5.29. The average Bonchev–Trinajstić information content (AvgIpc) is 3.45. The molecular weight excluding hydrogens is 488 g/mol. The summed E-state index contributed by atoms with van der Waals surface area (Å²) in [5, 5.41) is 9.98. The van der Waals surface area contributed by atoms with Crippen LogP contribution in [0.4, 0.5) is 0 Å². The number of hydrogen-bond donors (Lipinski definition) is 2. The van der Waals surface area contributed by atoms with E-state index in [1.54, 1.807) is 0 Å². The molecule has 2 aliphatic rings. The van der Waals surface area contributed by atoms with Gasteiger partial charge in [-0.1, -0.05) is 117 Å². The van der Waals surface area contributed by atoms with Crippen molar-refractivity contribution < 1.29 is 0 Å². The van der Waals surface area contributed by atoms with E-state index in [-0.39, 0.29) is 17.7 Å². The van der Waals surface area contributed by atoms with Crippen molar-refractivity contribution >= 4 is 27.8 Å². The summed E-state index contributed by atoms with van der Waals surface area (Å²) in [5.41, 5.74) is 9.99. The molecule has 0 radical (unpaired) electrons. The molecule has 0 spiro atoms. The average molecular weight is 519 g/mol. The quantitative estimate of drug-likeness (QED) is 0.245. The number of nitrogens with zero attached hydrogens (tertiary/aromatic N) is 2. The molecule has 5 aromatic carbocycles. The first-order chi connectivity index (χ1) is 19.6. The van der Waals surface area contributed by atoms with Crippen molar-refractivity contribution in [3.8, 4) is 11.1 Å². The van der Waals surface area contributed by atoms with Gasteiger partial charge in [-0.05, 0) is 51.6 Å². The zero-order chi connectivity index (χ0) is 26.8. The second-order valence-corrected chi connectivity index (χ2v) is 11.4. The molecule has 0 fully saturated rings. The molecule has 1 aromatic heterocycles. The minimum Gasteiger partial charge on any atom is -0.336 e. The molecule has 2 N–H and O–H groups in total. The van der Waals surface area contributed by atoms with Gasteiger partial charge < -0.3 is 5.32 Å². The summed E-state index contributed by atoms with van der Waals surface area (Å²) in [5.74, 6) is 0.846. The van der Waals surface area contributed by atoms with Gasteiger partial charge in [0.15, 0.2) is 0 Å². The van der Waals surface area contributed by atoms with E-state index < -0.39 is 0 Å². The maximum atomic E-state index is 5.29. The van der Waals surface area contributed by atoms with Gasteiger partial charge in [-0.15, -0.1) is 0 Å². The maximum Gasteiger partial charge on any atom is 0.206 e. The molecule has 2 heterocycles. The van der Waals surface area contributed by atoms with Crippen molar-refractivity contribution in [3.63, 3.8) is 0 Å². The van der Waals surface area contributed by atoms with Gasteiger partial charge in [0.25, 0.3) is 0 Å². The Morgan fingerprint density at radius 1 is 0.625 bits per heavy atom. The van der Waals surface area contributed by atoms with Crippen molar-refractivity contribution in [1.82, 2.24) is 15.2 Å². The van der Waals surface area contributed by atoms with Crippen LogP contribution >= 0.6 is 0 Å². The molecule has 0 saturated carbocycles. The van der Waals surface area contributed by atoms with E-state index in [0.717, 1.165) is 17.0 Å². The number of para-hydroxylation sites is 1. The highest BCUT2D eigenvalue weighted by Gasteiger charge is 2.36. The van der Waals surface area contributed by atoms with Crippen LogP contribution in [0.25, 0.3) is 32.9 Å². The van der Waals surface area contributed by atoms with E-state index in [2.05, 4.69) is 150 Å². The third-order valence-electron chi connectivity index (χ3n) is 8.69. The van der Waals surface area contributed by atoms with Gasteiger partial charge in [0.1, 0.15) is 12.3 Å². The Morgan fingerprint density at radius 2 is 1.30 bits per heavy atom. The zero-order valence-electron chi connectivity index (χ0n) is 22.6. The Morgan fingerprint density at radius 3 is 2.10 bits per heavy atom. The fraction of sp³-hybridized carbons (Fsp3) is 0.139. The lowest BCUT2D eigenvalue weighted by atomic mass is 9.82. The predicted octanol–water partition coefficient (Wildman–Crippen LogP) is 7.90. The van der Waals surface area contributed by atoms with Crippen LogP contribution in [0.5, 0.6) is 0 Å². The number of fused-ring (bicyclic) bond motifs is 6. The molecule has 0 bridgehead atoms. The molecule has 0 saturated heterocycles. The van der Waals surface area contributed by atoms with E-state index in [1.165, 1.54) is 44.1 Å². The van der Waals surface area contributed by atoms with Crippen LogP contribution in [0.2, 0.25) is 0 Å². The number of benzene rings is 5. The summed E-state index contributed by atoms with van der Waals surface area (Å²) < 4.78 is 2.32. The highest BCUT2D eigenvalue weighted by molar-refractivity contribution is 6.15. The standard InChI is InChI=1S/C36H30N4/c1-36(2)29-19-11-9-17-25(29)27-22-32-28(21-30(27)36)26-18-10-12-20-31(26)40(32)35-38-33(23-13-5-3-6-14-23)37-34(39-35)24-15-7-4-8-16-24/h3-22,33-34,37H,1-2H3,(H,38,39). The van der Waals surface area contributed by atoms with Crippen LogP contribution < -0.4 is 10.6 Å². The third kappa shape index (κ3) is 3.39. The Bertz CT molecular complexity index is 1930. The van der Waals surface area contributed by atoms with Gasteiger partial charge in [-0.25, -0.2) is 4.99 Å². The van der Waals surface area contributed by atoms with Crippen molar-refractivity contribution in [1.29, 1.82) is 0 Å². The monoisotopic (exact) mass is 518 g/mol. The van der Waals surface area contributed by atoms with Crippen molar-refractivity contribution in [2.24, 2.45) is 4.99 Å². The van der Waals surface area contributed by atoms with Crippen LogP contribution in [-0.4, -0.2) is 10.5 Å². The van der Waals surface area contributed by atoms with Gasteiger partial charge in [0.2, 0.25) is 5.96 Å². The first-order valence-electron chi connectivity index (χ1n) is 14.0. The predicted molar refractivity (Wildman–Crippen MR) is 164 cm³/mol. The molecule has 1 aliphatic heterocycles. The number of aliphatic imine (C=N–C) groups is 1. The SMILES string of the molecule is CC1(C)c2ccccc2-c2cc3c(cc21)c1ccccc1n3C1=NC(c2ccccc2)NC(c2ccccc2)N1. The van der Waals surface area contributed by atoms with Gasteiger partial charge in [0, 0.05) is 16.2 Å². The largest absolute Gasteiger partial charge is 0.336 e. The Labute approximate surface area is 234 Å². The summed E-state index contributed by atoms with van der Waals surface area (Å²) in [6.45, 7) is 4.69. The van der Waals surface area contributed by atoms with Gasteiger partial charge in [0.05, 0.1) is 11.0 Å². The number of rotatable bonds is 2. The van der Waals surface area contributed by atoms with Gasteiger partial charge >= 0.3 is 0 Å². The molecule has 40 heavy (non-hydrogen) atoms. The lowest BCUT2D eigenvalue weighted by molar-refractivity contribution is 0.403. The van der Waals surface area contributed by atoms with Crippen molar-refractivity contribution in [2.45, 2.75) is 31.6 Å². The molecule has 4 heteroatoms. The molecule has 0 amide bonds. The van der Waals surface area contributed by atoms with E-state index in [1.807, 2.05) is 0 Å². The molecule has 1 aliphatic carbocycles.